The third-order valence-electron chi connectivity index (χ3n) is 3.40. The van der Waals surface area contributed by atoms with Gasteiger partial charge in [-0.25, -0.2) is 0 Å². The van der Waals surface area contributed by atoms with Gasteiger partial charge in [0, 0.05) is 18.9 Å². The Balaban J connectivity index is 1.77. The van der Waals surface area contributed by atoms with Crippen LogP contribution >= 0.6 is 0 Å². The highest BCUT2D eigenvalue weighted by molar-refractivity contribution is 5.76. The summed E-state index contributed by atoms with van der Waals surface area (Å²) in [4.78, 5) is 22.6. The molecule has 1 fully saturated rings. The number of hydrogen-bond donors (Lipinski definition) is 2. The van der Waals surface area contributed by atoms with Crippen molar-refractivity contribution in [2.75, 3.05) is 6.54 Å². The molecule has 6 nitrogen and oxygen atoms in total. The lowest BCUT2D eigenvalue weighted by molar-refractivity contribution is -0.143. The first kappa shape index (κ1) is 12.6. The summed E-state index contributed by atoms with van der Waals surface area (Å²) in [5.74, 6) is -1.13. The smallest absolute Gasteiger partial charge is 0.306 e. The van der Waals surface area contributed by atoms with Crippen molar-refractivity contribution < 1.29 is 14.7 Å². The number of carboxylic acids is 1. The lowest BCUT2D eigenvalue weighted by Gasteiger charge is -2.16. The van der Waals surface area contributed by atoms with Crippen LogP contribution in [0.5, 0.6) is 0 Å². The fourth-order valence-electron chi connectivity index (χ4n) is 2.45. The van der Waals surface area contributed by atoms with E-state index in [1.807, 2.05) is 0 Å². The molecule has 2 unspecified atom stereocenters. The van der Waals surface area contributed by atoms with Crippen LogP contribution in [0, 0.1) is 11.8 Å². The first-order valence-corrected chi connectivity index (χ1v) is 6.14. The van der Waals surface area contributed by atoms with E-state index >= 15 is 0 Å². The second kappa shape index (κ2) is 5.66. The molecule has 0 bridgehead atoms. The Morgan fingerprint density at radius 1 is 1.44 bits per heavy atom. The van der Waals surface area contributed by atoms with Crippen LogP contribution in [0.15, 0.2) is 18.5 Å². The molecule has 1 aliphatic rings. The second-order valence-corrected chi connectivity index (χ2v) is 4.64. The Bertz CT molecular complexity index is 416. The van der Waals surface area contributed by atoms with Crippen molar-refractivity contribution in [1.82, 2.24) is 15.1 Å². The van der Waals surface area contributed by atoms with Crippen molar-refractivity contribution in [1.29, 1.82) is 0 Å². The third kappa shape index (κ3) is 3.09. The van der Waals surface area contributed by atoms with Crippen LogP contribution in [0.4, 0.5) is 0 Å². The molecule has 1 aromatic rings. The van der Waals surface area contributed by atoms with Crippen LogP contribution in [0.3, 0.4) is 0 Å². The number of amides is 1. The first-order chi connectivity index (χ1) is 8.66. The van der Waals surface area contributed by atoms with Gasteiger partial charge >= 0.3 is 5.97 Å². The third-order valence-corrected chi connectivity index (χ3v) is 3.40. The maximum Gasteiger partial charge on any atom is 0.306 e. The molecular formula is C12H17N3O3. The predicted octanol–water partition coefficient (Wildman–Crippen LogP) is 0.500. The Kier molecular flexibility index (Phi) is 3.96. The molecule has 2 rings (SSSR count). The number of aliphatic carboxylic acids is 1. The van der Waals surface area contributed by atoms with Gasteiger partial charge in [0.25, 0.3) is 0 Å². The van der Waals surface area contributed by atoms with Gasteiger partial charge in [-0.1, -0.05) is 6.42 Å². The SMILES string of the molecule is O=C(Cn1cccn1)NCC1CCCC1C(=O)O. The molecule has 0 aliphatic heterocycles. The maximum atomic E-state index is 11.6. The van der Waals surface area contributed by atoms with Crippen LogP contribution in [0.2, 0.25) is 0 Å². The number of aromatic nitrogens is 2. The number of nitrogens with one attached hydrogen (secondary N) is 1. The van der Waals surface area contributed by atoms with E-state index in [1.165, 1.54) is 0 Å². The molecule has 0 radical (unpaired) electrons. The number of nitrogens with zero attached hydrogens (tertiary/aromatic N) is 2. The van der Waals surface area contributed by atoms with Gasteiger partial charge in [0.05, 0.1) is 5.92 Å². The fourth-order valence-corrected chi connectivity index (χ4v) is 2.45. The molecule has 0 saturated heterocycles. The Morgan fingerprint density at radius 3 is 2.94 bits per heavy atom. The summed E-state index contributed by atoms with van der Waals surface area (Å²) in [7, 11) is 0. The number of carboxylic acid groups (broad SMARTS) is 1. The normalized spacial score (nSPS) is 22.9. The van der Waals surface area contributed by atoms with E-state index in [1.54, 1.807) is 23.1 Å². The molecule has 1 saturated carbocycles. The molecule has 18 heavy (non-hydrogen) atoms. The number of carbonyl (C=O) groups is 2. The molecule has 1 amide bonds. The van der Waals surface area contributed by atoms with Crippen LogP contribution in [-0.2, 0) is 16.1 Å². The largest absolute Gasteiger partial charge is 0.481 e. The summed E-state index contributed by atoms with van der Waals surface area (Å²) < 4.78 is 1.54. The quantitative estimate of drug-likeness (QED) is 0.798. The Morgan fingerprint density at radius 2 is 2.28 bits per heavy atom. The molecule has 1 aliphatic carbocycles. The Labute approximate surface area is 105 Å². The van der Waals surface area contributed by atoms with E-state index < -0.39 is 5.97 Å². The second-order valence-electron chi connectivity index (χ2n) is 4.64. The number of hydrogen-bond acceptors (Lipinski definition) is 3. The van der Waals surface area contributed by atoms with Gasteiger partial charge in [0.1, 0.15) is 6.54 Å². The minimum atomic E-state index is -0.751. The van der Waals surface area contributed by atoms with Crippen molar-refractivity contribution in [3.63, 3.8) is 0 Å². The van der Waals surface area contributed by atoms with Crippen LogP contribution in [0.25, 0.3) is 0 Å². The summed E-state index contributed by atoms with van der Waals surface area (Å²) in [6.45, 7) is 0.620. The molecule has 6 heteroatoms. The van der Waals surface area contributed by atoms with Gasteiger partial charge in [0.15, 0.2) is 0 Å². The van der Waals surface area contributed by atoms with Gasteiger partial charge < -0.3 is 10.4 Å². The first-order valence-electron chi connectivity index (χ1n) is 6.14. The zero-order valence-electron chi connectivity index (χ0n) is 10.1. The minimum absolute atomic E-state index is 0.0593. The highest BCUT2D eigenvalue weighted by Gasteiger charge is 2.32. The standard InChI is InChI=1S/C12H17N3O3/c16-11(8-15-6-2-5-14-15)13-7-9-3-1-4-10(9)12(17)18/h2,5-6,9-10H,1,3-4,7-8H2,(H,13,16)(H,17,18). The van der Waals surface area contributed by atoms with Crippen molar-refractivity contribution in [3.05, 3.63) is 18.5 Å². The highest BCUT2D eigenvalue weighted by atomic mass is 16.4. The summed E-state index contributed by atoms with van der Waals surface area (Å²) in [5, 5.41) is 15.8. The summed E-state index contributed by atoms with van der Waals surface area (Å²) in [6.07, 6.45) is 5.85. The average molecular weight is 251 g/mol. The number of carbonyl (C=O) groups excluding carboxylic acids is 1. The fraction of sp³-hybridized carbons (Fsp3) is 0.583. The Hall–Kier alpha value is -1.85. The maximum absolute atomic E-state index is 11.6. The van der Waals surface area contributed by atoms with E-state index in [-0.39, 0.29) is 24.3 Å². The van der Waals surface area contributed by atoms with E-state index in [0.29, 0.717) is 6.54 Å². The van der Waals surface area contributed by atoms with Crippen LogP contribution < -0.4 is 5.32 Å². The van der Waals surface area contributed by atoms with Crippen molar-refractivity contribution in [2.24, 2.45) is 11.8 Å². The lowest BCUT2D eigenvalue weighted by atomic mass is 9.96. The van der Waals surface area contributed by atoms with Gasteiger partial charge in [-0.3, -0.25) is 14.3 Å². The van der Waals surface area contributed by atoms with E-state index in [0.717, 1.165) is 19.3 Å². The number of rotatable bonds is 5. The topological polar surface area (TPSA) is 84.2 Å². The van der Waals surface area contributed by atoms with E-state index in [2.05, 4.69) is 10.4 Å². The predicted molar refractivity (Wildman–Crippen MR) is 63.7 cm³/mol. The summed E-state index contributed by atoms with van der Waals surface area (Å²) in [6, 6.07) is 1.75. The zero-order valence-corrected chi connectivity index (χ0v) is 10.1. The van der Waals surface area contributed by atoms with Gasteiger partial charge in [0.2, 0.25) is 5.91 Å². The highest BCUT2D eigenvalue weighted by Crippen LogP contribution is 2.31. The van der Waals surface area contributed by atoms with Crippen molar-refractivity contribution in [2.45, 2.75) is 25.8 Å². The van der Waals surface area contributed by atoms with Crippen LogP contribution in [0.1, 0.15) is 19.3 Å². The molecule has 98 valence electrons. The van der Waals surface area contributed by atoms with Crippen LogP contribution in [-0.4, -0.2) is 33.3 Å². The lowest BCUT2D eigenvalue weighted by Crippen LogP contribution is -2.35. The minimum Gasteiger partial charge on any atom is -0.481 e. The molecule has 0 spiro atoms. The molecular weight excluding hydrogens is 234 g/mol. The summed E-state index contributed by atoms with van der Waals surface area (Å²) >= 11 is 0. The average Bonchev–Trinajstić information content (AvgIpc) is 2.96. The molecule has 1 aromatic heterocycles. The van der Waals surface area contributed by atoms with Gasteiger partial charge in [-0.05, 0) is 24.8 Å². The van der Waals surface area contributed by atoms with Crippen molar-refractivity contribution >= 4 is 11.9 Å². The van der Waals surface area contributed by atoms with Gasteiger partial charge in [-0.15, -0.1) is 0 Å². The van der Waals surface area contributed by atoms with Crippen molar-refractivity contribution in [3.8, 4) is 0 Å². The molecule has 0 aromatic carbocycles. The molecule has 2 atom stereocenters. The van der Waals surface area contributed by atoms with E-state index in [9.17, 15) is 9.59 Å². The monoisotopic (exact) mass is 251 g/mol. The zero-order chi connectivity index (χ0) is 13.0. The summed E-state index contributed by atoms with van der Waals surface area (Å²) in [5.41, 5.74) is 0. The molecule has 2 N–H and O–H groups in total. The van der Waals surface area contributed by atoms with E-state index in [4.69, 9.17) is 5.11 Å². The van der Waals surface area contributed by atoms with Gasteiger partial charge in [-0.2, -0.15) is 5.10 Å². The molecule has 1 heterocycles.